The Hall–Kier alpha value is -4.08. The minimum Gasteiger partial charge on any atom is -0.467 e. The van der Waals surface area contributed by atoms with Crippen LogP contribution in [0.2, 0.25) is 0 Å². The summed E-state index contributed by atoms with van der Waals surface area (Å²) in [6.07, 6.45) is 2.24. The minimum atomic E-state index is -0.774. The number of methoxy groups -OCH3 is 1. The van der Waals surface area contributed by atoms with Gasteiger partial charge in [0.2, 0.25) is 5.91 Å². The fraction of sp³-hybridized carbons (Fsp3) is 0.500. The van der Waals surface area contributed by atoms with Gasteiger partial charge in [0.1, 0.15) is 11.6 Å². The normalized spacial score (nSPS) is 16.0. The van der Waals surface area contributed by atoms with Crippen molar-refractivity contribution in [2.45, 2.75) is 58.1 Å². The Morgan fingerprint density at radius 2 is 1.69 bits per heavy atom. The first kappa shape index (κ1) is 30.9. The molecule has 0 aromatic heterocycles. The highest BCUT2D eigenvalue weighted by Crippen LogP contribution is 2.26. The van der Waals surface area contributed by atoms with Crippen molar-refractivity contribution in [3.05, 3.63) is 65.2 Å². The Kier molecular flexibility index (Phi) is 10.1. The molecule has 1 fully saturated rings. The van der Waals surface area contributed by atoms with Crippen LogP contribution in [0.25, 0.3) is 0 Å². The average molecular weight is 579 g/mol. The number of carbonyl (C=O) groups excluding carboxylic acids is 4. The van der Waals surface area contributed by atoms with E-state index in [-0.39, 0.29) is 18.5 Å². The molecule has 42 heavy (non-hydrogen) atoms. The molecule has 1 saturated heterocycles. The van der Waals surface area contributed by atoms with Gasteiger partial charge in [-0.05, 0) is 69.7 Å². The number of nitrogens with zero attached hydrogens (tertiary/aromatic N) is 3. The van der Waals surface area contributed by atoms with Gasteiger partial charge in [0.05, 0.1) is 13.7 Å². The number of anilines is 1. The topological polar surface area (TPSA) is 108 Å². The molecule has 0 unspecified atom stereocenters. The van der Waals surface area contributed by atoms with E-state index in [2.05, 4.69) is 10.2 Å². The van der Waals surface area contributed by atoms with Crippen molar-refractivity contribution in [3.63, 3.8) is 0 Å². The molecule has 0 radical (unpaired) electrons. The number of piperazine rings is 1. The van der Waals surface area contributed by atoms with Crippen LogP contribution in [0.4, 0.5) is 10.5 Å². The first-order chi connectivity index (χ1) is 20.0. The summed E-state index contributed by atoms with van der Waals surface area (Å²) in [5, 5.41) is 2.78. The van der Waals surface area contributed by atoms with Gasteiger partial charge >= 0.3 is 12.1 Å². The second-order valence-electron chi connectivity index (χ2n) is 11.8. The van der Waals surface area contributed by atoms with Gasteiger partial charge in [-0.15, -0.1) is 0 Å². The molecule has 226 valence electrons. The van der Waals surface area contributed by atoms with Gasteiger partial charge < -0.3 is 29.5 Å². The lowest BCUT2D eigenvalue weighted by Gasteiger charge is -2.37. The summed E-state index contributed by atoms with van der Waals surface area (Å²) in [4.78, 5) is 56.6. The van der Waals surface area contributed by atoms with Crippen LogP contribution in [0.3, 0.4) is 0 Å². The highest BCUT2D eigenvalue weighted by molar-refractivity contribution is 6.00. The highest BCUT2D eigenvalue weighted by atomic mass is 16.6. The molecular formula is C32H42N4O6. The fourth-order valence-electron chi connectivity index (χ4n) is 5.29. The molecule has 3 amide bonds. The smallest absolute Gasteiger partial charge is 0.410 e. The average Bonchev–Trinajstić information content (AvgIpc) is 2.97. The Morgan fingerprint density at radius 3 is 2.36 bits per heavy atom. The number of ether oxygens (including phenoxy) is 2. The third-order valence-electron chi connectivity index (χ3n) is 7.52. The molecule has 0 saturated carbocycles. The van der Waals surface area contributed by atoms with Crippen molar-refractivity contribution >= 4 is 29.6 Å². The third kappa shape index (κ3) is 8.24. The number of rotatable bonds is 9. The van der Waals surface area contributed by atoms with E-state index in [1.165, 1.54) is 12.0 Å². The second kappa shape index (κ2) is 13.7. The van der Waals surface area contributed by atoms with Gasteiger partial charge in [0, 0.05) is 44.0 Å². The number of hydrogen-bond acceptors (Lipinski definition) is 7. The molecule has 2 aliphatic rings. The molecule has 10 heteroatoms. The number of carbonyl (C=O) groups is 4. The maximum Gasteiger partial charge on any atom is 0.410 e. The zero-order valence-electron chi connectivity index (χ0n) is 25.1. The van der Waals surface area contributed by atoms with Crippen molar-refractivity contribution in [1.82, 2.24) is 15.1 Å². The van der Waals surface area contributed by atoms with Gasteiger partial charge in [-0.3, -0.25) is 9.59 Å². The summed E-state index contributed by atoms with van der Waals surface area (Å²) < 4.78 is 10.4. The number of aryl methyl sites for hydroxylation is 1. The van der Waals surface area contributed by atoms with Crippen LogP contribution in [0.1, 0.15) is 55.1 Å². The van der Waals surface area contributed by atoms with E-state index in [1.807, 2.05) is 69.3 Å². The Labute approximate surface area is 247 Å². The Bertz CT molecular complexity index is 1270. The van der Waals surface area contributed by atoms with E-state index in [1.54, 1.807) is 4.90 Å². The van der Waals surface area contributed by atoms with E-state index < -0.39 is 23.5 Å². The molecule has 1 atom stereocenters. The van der Waals surface area contributed by atoms with Gasteiger partial charge in [-0.1, -0.05) is 36.4 Å². The summed E-state index contributed by atoms with van der Waals surface area (Å²) in [5.41, 5.74) is 3.05. The number of hydrogen-bond donors (Lipinski definition) is 1. The lowest BCUT2D eigenvalue weighted by atomic mass is 9.97. The van der Waals surface area contributed by atoms with Crippen molar-refractivity contribution in [1.29, 1.82) is 0 Å². The van der Waals surface area contributed by atoms with Crippen molar-refractivity contribution in [3.8, 4) is 0 Å². The number of fused-ring (bicyclic) bond motifs is 1. The number of nitrogens with one attached hydrogen (secondary N) is 1. The summed E-state index contributed by atoms with van der Waals surface area (Å²) in [5.74, 6) is -1.10. The largest absolute Gasteiger partial charge is 0.467 e. The first-order valence-corrected chi connectivity index (χ1v) is 14.6. The van der Waals surface area contributed by atoms with Crippen LogP contribution in [0.15, 0.2) is 48.5 Å². The molecule has 4 rings (SSSR count). The van der Waals surface area contributed by atoms with Crippen LogP contribution < -0.4 is 10.2 Å². The predicted octanol–water partition coefficient (Wildman–Crippen LogP) is 3.42. The predicted molar refractivity (Wildman–Crippen MR) is 159 cm³/mol. The Balaban J connectivity index is 1.32. The maximum atomic E-state index is 13.4. The van der Waals surface area contributed by atoms with Crippen LogP contribution >= 0.6 is 0 Å². The molecule has 10 nitrogen and oxygen atoms in total. The van der Waals surface area contributed by atoms with Gasteiger partial charge in [0.25, 0.3) is 5.91 Å². The van der Waals surface area contributed by atoms with Crippen molar-refractivity contribution in [2.75, 3.05) is 51.3 Å². The van der Waals surface area contributed by atoms with E-state index in [9.17, 15) is 19.2 Å². The van der Waals surface area contributed by atoms with Crippen molar-refractivity contribution < 1.29 is 28.7 Å². The maximum absolute atomic E-state index is 13.4. The van der Waals surface area contributed by atoms with Crippen LogP contribution in [0, 0.1) is 0 Å². The summed E-state index contributed by atoms with van der Waals surface area (Å²) >= 11 is 0. The molecule has 0 aliphatic carbocycles. The summed E-state index contributed by atoms with van der Waals surface area (Å²) in [7, 11) is 1.30. The molecule has 1 N–H and O–H groups in total. The number of amides is 3. The third-order valence-corrected chi connectivity index (χ3v) is 7.52. The SMILES string of the molecule is COC(=O)[C@H](CCCc1ccccc1)NC(=O)CN1CCc2ccc(N3CCN(C(=O)OC(C)(C)C)CC3)cc2C1=O. The van der Waals surface area contributed by atoms with E-state index in [0.717, 1.165) is 23.2 Å². The van der Waals surface area contributed by atoms with Gasteiger partial charge in [-0.25, -0.2) is 9.59 Å². The second-order valence-corrected chi connectivity index (χ2v) is 11.8. The van der Waals surface area contributed by atoms with E-state index in [4.69, 9.17) is 9.47 Å². The molecule has 2 aromatic rings. The van der Waals surface area contributed by atoms with Crippen LogP contribution in [-0.2, 0) is 31.9 Å². The monoisotopic (exact) mass is 578 g/mol. The number of esters is 1. The first-order valence-electron chi connectivity index (χ1n) is 14.6. The molecule has 0 bridgehead atoms. The number of benzene rings is 2. The lowest BCUT2D eigenvalue weighted by Crippen LogP contribution is -2.50. The molecular weight excluding hydrogens is 536 g/mol. The van der Waals surface area contributed by atoms with E-state index >= 15 is 0 Å². The summed E-state index contributed by atoms with van der Waals surface area (Å²) in [6, 6.07) is 15.0. The van der Waals surface area contributed by atoms with E-state index in [0.29, 0.717) is 57.5 Å². The standard InChI is InChI=1S/C32H42N4O6/c1-32(2,3)42-31(40)35-19-17-34(18-20-35)25-14-13-24-15-16-36(29(38)26(24)21-25)22-28(37)33-27(30(39)41-4)12-8-11-23-9-6-5-7-10-23/h5-7,9-10,13-14,21,27H,8,11-12,15-20,22H2,1-4H3,(H,33,37)/t27-/m0/s1. The molecule has 2 aromatic carbocycles. The fourth-order valence-corrected chi connectivity index (χ4v) is 5.29. The summed E-state index contributed by atoms with van der Waals surface area (Å²) in [6.45, 7) is 8.13. The lowest BCUT2D eigenvalue weighted by molar-refractivity contribution is -0.145. The molecule has 2 heterocycles. The molecule has 2 aliphatic heterocycles. The van der Waals surface area contributed by atoms with Crippen LogP contribution in [0.5, 0.6) is 0 Å². The van der Waals surface area contributed by atoms with Crippen molar-refractivity contribution in [2.24, 2.45) is 0 Å². The zero-order chi connectivity index (χ0) is 30.3. The highest BCUT2D eigenvalue weighted by Gasteiger charge is 2.30. The Morgan fingerprint density at radius 1 is 0.976 bits per heavy atom. The van der Waals surface area contributed by atoms with Crippen LogP contribution in [-0.4, -0.2) is 91.7 Å². The molecule has 0 spiro atoms. The van der Waals surface area contributed by atoms with Gasteiger partial charge in [0.15, 0.2) is 0 Å². The quantitative estimate of drug-likeness (QED) is 0.454. The minimum absolute atomic E-state index is 0.136. The van der Waals surface area contributed by atoms with Gasteiger partial charge in [-0.2, -0.15) is 0 Å². The zero-order valence-corrected chi connectivity index (χ0v) is 25.1.